The smallest absolute Gasteiger partial charge is 0.342 e. The van der Waals surface area contributed by atoms with Crippen molar-refractivity contribution in [3.63, 3.8) is 0 Å². The molecule has 2 aromatic carbocycles. The SMILES string of the molecule is CCOC(=O)c1c(C)oc2nc(Nc3ccc(C)cc3)nc(NNC(=O)C(C)c3ccc(CC(C)C)cc3)c12. The Hall–Kier alpha value is -4.40. The molecular formula is C30H35N5O4. The highest BCUT2D eigenvalue weighted by atomic mass is 16.5. The second kappa shape index (κ2) is 12.0. The summed E-state index contributed by atoms with van der Waals surface area (Å²) >= 11 is 0. The van der Waals surface area contributed by atoms with Gasteiger partial charge in [-0.3, -0.25) is 15.6 Å². The average molecular weight is 530 g/mol. The molecule has 0 radical (unpaired) electrons. The fourth-order valence-corrected chi connectivity index (χ4v) is 4.27. The van der Waals surface area contributed by atoms with Crippen molar-refractivity contribution in [2.75, 3.05) is 17.3 Å². The Balaban J connectivity index is 1.62. The normalized spacial score (nSPS) is 11.9. The minimum Gasteiger partial charge on any atom is -0.462 e. The molecule has 0 aliphatic heterocycles. The van der Waals surface area contributed by atoms with Gasteiger partial charge in [0.05, 0.1) is 17.9 Å². The number of rotatable bonds is 10. The van der Waals surface area contributed by atoms with Crippen molar-refractivity contribution >= 4 is 40.4 Å². The molecule has 2 aromatic heterocycles. The fourth-order valence-electron chi connectivity index (χ4n) is 4.27. The van der Waals surface area contributed by atoms with Gasteiger partial charge in [-0.25, -0.2) is 4.79 Å². The molecule has 9 heteroatoms. The summed E-state index contributed by atoms with van der Waals surface area (Å²) in [5.74, 6) is 0.105. The van der Waals surface area contributed by atoms with Crippen molar-refractivity contribution in [3.8, 4) is 0 Å². The van der Waals surface area contributed by atoms with E-state index in [1.165, 1.54) is 5.56 Å². The van der Waals surface area contributed by atoms with E-state index < -0.39 is 11.9 Å². The molecule has 0 aliphatic carbocycles. The number of nitrogens with one attached hydrogen (secondary N) is 3. The van der Waals surface area contributed by atoms with Crippen molar-refractivity contribution in [1.82, 2.24) is 15.4 Å². The number of furan rings is 1. The molecule has 1 atom stereocenters. The minimum atomic E-state index is -0.555. The van der Waals surface area contributed by atoms with Crippen LogP contribution in [0.15, 0.2) is 52.9 Å². The van der Waals surface area contributed by atoms with Gasteiger partial charge in [-0.05, 0) is 63.3 Å². The van der Waals surface area contributed by atoms with Crippen LogP contribution in [0.4, 0.5) is 17.5 Å². The van der Waals surface area contributed by atoms with E-state index >= 15 is 0 Å². The first kappa shape index (κ1) is 27.6. The van der Waals surface area contributed by atoms with E-state index in [-0.39, 0.29) is 35.6 Å². The zero-order chi connectivity index (χ0) is 28.1. The van der Waals surface area contributed by atoms with Gasteiger partial charge in [0.1, 0.15) is 11.3 Å². The molecule has 1 amide bonds. The van der Waals surface area contributed by atoms with Crippen molar-refractivity contribution in [2.24, 2.45) is 5.92 Å². The molecule has 39 heavy (non-hydrogen) atoms. The van der Waals surface area contributed by atoms with Crippen LogP contribution in [0.3, 0.4) is 0 Å². The van der Waals surface area contributed by atoms with E-state index in [1.807, 2.05) is 50.2 Å². The van der Waals surface area contributed by atoms with Gasteiger partial charge >= 0.3 is 5.97 Å². The highest BCUT2D eigenvalue weighted by molar-refractivity contribution is 6.08. The number of fused-ring (bicyclic) bond motifs is 1. The van der Waals surface area contributed by atoms with Crippen molar-refractivity contribution in [3.05, 3.63) is 76.5 Å². The molecule has 4 aromatic rings. The first-order chi connectivity index (χ1) is 18.7. The van der Waals surface area contributed by atoms with Gasteiger partial charge in [-0.15, -0.1) is 0 Å². The van der Waals surface area contributed by atoms with Crippen LogP contribution in [-0.2, 0) is 16.0 Å². The van der Waals surface area contributed by atoms with Crippen LogP contribution in [0.5, 0.6) is 0 Å². The van der Waals surface area contributed by atoms with Crippen molar-refractivity contribution in [2.45, 2.75) is 53.9 Å². The number of hydrogen-bond donors (Lipinski definition) is 3. The lowest BCUT2D eigenvalue weighted by atomic mass is 9.96. The Kier molecular flexibility index (Phi) is 8.49. The molecular weight excluding hydrogens is 494 g/mol. The third-order valence-electron chi connectivity index (χ3n) is 6.34. The average Bonchev–Trinajstić information content (AvgIpc) is 3.24. The molecule has 0 saturated heterocycles. The summed E-state index contributed by atoms with van der Waals surface area (Å²) in [4.78, 5) is 34.9. The van der Waals surface area contributed by atoms with Gasteiger partial charge in [0.25, 0.3) is 0 Å². The Labute approximate surface area is 228 Å². The molecule has 0 bridgehead atoms. The number of amides is 1. The summed E-state index contributed by atoms with van der Waals surface area (Å²) in [5, 5.41) is 3.48. The Morgan fingerprint density at radius 3 is 2.31 bits per heavy atom. The number of carbonyl (C=O) groups excluding carboxylic acids is 2. The van der Waals surface area contributed by atoms with E-state index in [1.54, 1.807) is 13.8 Å². The molecule has 3 N–H and O–H groups in total. The Morgan fingerprint density at radius 2 is 1.67 bits per heavy atom. The number of carbonyl (C=O) groups is 2. The van der Waals surface area contributed by atoms with Crippen LogP contribution in [0.1, 0.15) is 66.4 Å². The summed E-state index contributed by atoms with van der Waals surface area (Å²) in [5.41, 5.74) is 10.1. The molecule has 0 fully saturated rings. The standard InChI is InChI=1S/C30H35N5O4/c1-7-38-29(37)24-20(6)39-28-25(24)26(32-30(33-28)31-23-14-8-18(4)9-15-23)34-35-27(36)19(5)22-12-10-21(11-13-22)16-17(2)3/h8-15,17,19H,7,16H2,1-6H3,(H,35,36)(H2,31,32,33,34). The third kappa shape index (κ3) is 6.54. The maximum absolute atomic E-state index is 13.1. The largest absolute Gasteiger partial charge is 0.462 e. The van der Waals surface area contributed by atoms with Gasteiger partial charge < -0.3 is 14.5 Å². The molecule has 1 unspecified atom stereocenters. The summed E-state index contributed by atoms with van der Waals surface area (Å²) in [6, 6.07) is 15.8. The number of aromatic nitrogens is 2. The molecule has 2 heterocycles. The first-order valence-electron chi connectivity index (χ1n) is 13.1. The van der Waals surface area contributed by atoms with Crippen molar-refractivity contribution < 1.29 is 18.7 Å². The van der Waals surface area contributed by atoms with Crippen LogP contribution in [-0.4, -0.2) is 28.5 Å². The van der Waals surface area contributed by atoms with Gasteiger partial charge in [0.2, 0.25) is 17.6 Å². The number of ether oxygens (including phenoxy) is 1. The summed E-state index contributed by atoms with van der Waals surface area (Å²) in [6.45, 7) is 11.8. The number of aryl methyl sites for hydroxylation is 2. The van der Waals surface area contributed by atoms with Gasteiger partial charge in [0.15, 0.2) is 5.82 Å². The lowest BCUT2D eigenvalue weighted by Crippen LogP contribution is -2.33. The third-order valence-corrected chi connectivity index (χ3v) is 6.34. The van der Waals surface area contributed by atoms with E-state index in [0.29, 0.717) is 17.1 Å². The van der Waals surface area contributed by atoms with Crippen LogP contribution in [0.25, 0.3) is 11.1 Å². The van der Waals surface area contributed by atoms with E-state index in [9.17, 15) is 9.59 Å². The van der Waals surface area contributed by atoms with E-state index in [4.69, 9.17) is 9.15 Å². The number of anilines is 3. The quantitative estimate of drug-likeness (QED) is 0.164. The number of hydrazine groups is 1. The lowest BCUT2D eigenvalue weighted by molar-refractivity contribution is -0.121. The van der Waals surface area contributed by atoms with Crippen LogP contribution >= 0.6 is 0 Å². The molecule has 0 aliphatic rings. The molecule has 0 saturated carbocycles. The second-order valence-electron chi connectivity index (χ2n) is 10.00. The molecule has 204 valence electrons. The summed E-state index contributed by atoms with van der Waals surface area (Å²) in [7, 11) is 0. The zero-order valence-corrected chi connectivity index (χ0v) is 23.2. The lowest BCUT2D eigenvalue weighted by Gasteiger charge is -2.16. The maximum Gasteiger partial charge on any atom is 0.342 e. The Bertz CT molecular complexity index is 1460. The van der Waals surface area contributed by atoms with Gasteiger partial charge in [0, 0.05) is 5.69 Å². The minimum absolute atomic E-state index is 0.186. The molecule has 4 rings (SSSR count). The highest BCUT2D eigenvalue weighted by Crippen LogP contribution is 2.32. The van der Waals surface area contributed by atoms with E-state index in [2.05, 4.69) is 52.1 Å². The predicted molar refractivity (Wildman–Crippen MR) is 152 cm³/mol. The van der Waals surface area contributed by atoms with Crippen LogP contribution < -0.4 is 16.2 Å². The Morgan fingerprint density at radius 1 is 0.974 bits per heavy atom. The zero-order valence-electron chi connectivity index (χ0n) is 23.2. The summed E-state index contributed by atoms with van der Waals surface area (Å²) < 4.78 is 11.1. The first-order valence-corrected chi connectivity index (χ1v) is 13.1. The fraction of sp³-hybridized carbons (Fsp3) is 0.333. The highest BCUT2D eigenvalue weighted by Gasteiger charge is 2.26. The predicted octanol–water partition coefficient (Wildman–Crippen LogP) is 6.21. The maximum atomic E-state index is 13.1. The van der Waals surface area contributed by atoms with Crippen LogP contribution in [0, 0.1) is 19.8 Å². The topological polar surface area (TPSA) is 118 Å². The van der Waals surface area contributed by atoms with Gasteiger partial charge in [-0.1, -0.05) is 55.8 Å². The monoisotopic (exact) mass is 529 g/mol. The number of nitrogens with zero attached hydrogens (tertiary/aromatic N) is 2. The molecule has 0 spiro atoms. The van der Waals surface area contributed by atoms with Gasteiger partial charge in [-0.2, -0.15) is 9.97 Å². The number of hydrogen-bond acceptors (Lipinski definition) is 8. The summed E-state index contributed by atoms with van der Waals surface area (Å²) in [6.07, 6.45) is 0.984. The number of esters is 1. The second-order valence-corrected chi connectivity index (χ2v) is 10.00. The van der Waals surface area contributed by atoms with E-state index in [0.717, 1.165) is 23.2 Å². The molecule has 9 nitrogen and oxygen atoms in total. The van der Waals surface area contributed by atoms with Crippen molar-refractivity contribution in [1.29, 1.82) is 0 Å². The van der Waals surface area contributed by atoms with Crippen LogP contribution in [0.2, 0.25) is 0 Å². The number of benzene rings is 2.